The standard InChI is InChI=1S/C72H87BN2S/c1-43-31-59-62-60(32-43)75(48-35-46(65(2,3)4)34-47(36-48)66(5,6)7)63-50-38-53-56(72(18,19)30-27-69(53,12)13)41-61(50)76-64(63)73(62)57-39-54-55(71(16,17)29-28-70(54,14)15)40-58(57)74(59)42-45-33-51-52(68(10,11)26-25-67(51,8)9)37-49(45)44-23-21-20-22-24-44/h20-24,31-41H,25-30,42H2,1-19H3. The quantitative estimate of drug-likeness (QED) is 0.162. The molecule has 1 aromatic heterocycles. The summed E-state index contributed by atoms with van der Waals surface area (Å²) in [4.78, 5) is 5.60. The summed E-state index contributed by atoms with van der Waals surface area (Å²) >= 11 is 2.09. The average molecular weight is 1020 g/mol. The van der Waals surface area contributed by atoms with E-state index in [9.17, 15) is 0 Å². The summed E-state index contributed by atoms with van der Waals surface area (Å²) in [6.45, 7) is 47.6. The summed E-state index contributed by atoms with van der Waals surface area (Å²) in [5, 5.41) is 1.41. The molecule has 0 atom stereocenters. The van der Waals surface area contributed by atoms with Gasteiger partial charge in [-0.3, -0.25) is 0 Å². The van der Waals surface area contributed by atoms with Gasteiger partial charge in [0.1, 0.15) is 0 Å². The van der Waals surface area contributed by atoms with Gasteiger partial charge in [0, 0.05) is 44.2 Å². The van der Waals surface area contributed by atoms with Gasteiger partial charge in [0.2, 0.25) is 0 Å². The first-order valence-electron chi connectivity index (χ1n) is 29.2. The van der Waals surface area contributed by atoms with Gasteiger partial charge in [-0.2, -0.15) is 0 Å². The molecule has 0 saturated heterocycles. The molecule has 2 nitrogen and oxygen atoms in total. The fourth-order valence-electron chi connectivity index (χ4n) is 14.7. The molecule has 0 radical (unpaired) electrons. The molecule has 0 N–H and O–H groups in total. The maximum atomic E-state index is 2.82. The smallest absolute Gasteiger partial charge is 0.264 e. The van der Waals surface area contributed by atoms with Crippen LogP contribution in [0.25, 0.3) is 21.2 Å². The SMILES string of the molecule is Cc1cc2c3c(c1)N(c1cc(C(C)(C)C)cc(C(C)(C)C)c1)c1c(sc4cc5c(cc14)C(C)(C)CCC5(C)C)B3c1cc3c(cc1N2Cc1cc2c(cc1-c1ccccc1)C(C)(C)CCC2(C)C)C(C)(C)CCC3(C)C. The molecule has 0 fully saturated rings. The van der Waals surface area contributed by atoms with Crippen LogP contribution in [0, 0.1) is 6.92 Å². The number of thiophene rings is 1. The first-order valence-corrected chi connectivity index (χ1v) is 30.0. The molecular weight excluding hydrogens is 936 g/mol. The zero-order valence-corrected chi connectivity index (χ0v) is 50.9. The van der Waals surface area contributed by atoms with Crippen LogP contribution in [-0.4, -0.2) is 6.71 Å². The van der Waals surface area contributed by atoms with E-state index < -0.39 is 0 Å². The van der Waals surface area contributed by atoms with Gasteiger partial charge >= 0.3 is 0 Å². The van der Waals surface area contributed by atoms with Crippen LogP contribution >= 0.6 is 11.3 Å². The van der Waals surface area contributed by atoms with Gasteiger partial charge in [-0.05, 0) is 215 Å². The van der Waals surface area contributed by atoms with Gasteiger partial charge in [0.25, 0.3) is 6.71 Å². The molecule has 12 rings (SSSR count). The first kappa shape index (κ1) is 51.7. The highest BCUT2D eigenvalue weighted by atomic mass is 32.1. The molecule has 3 heterocycles. The molecule has 394 valence electrons. The molecule has 0 bridgehead atoms. The Kier molecular flexibility index (Phi) is 11.2. The van der Waals surface area contributed by atoms with Crippen molar-refractivity contribution in [2.24, 2.45) is 0 Å². The number of aryl methyl sites for hydroxylation is 1. The van der Waals surface area contributed by atoms with Crippen molar-refractivity contribution in [3.8, 4) is 11.1 Å². The molecule has 2 aliphatic heterocycles. The lowest BCUT2D eigenvalue weighted by molar-refractivity contribution is 0.331. The second-order valence-corrected chi connectivity index (χ2v) is 31.8. The highest BCUT2D eigenvalue weighted by Gasteiger charge is 2.49. The lowest BCUT2D eigenvalue weighted by Gasteiger charge is -2.47. The van der Waals surface area contributed by atoms with E-state index in [1.54, 1.807) is 11.1 Å². The van der Waals surface area contributed by atoms with Crippen LogP contribution in [0.5, 0.6) is 0 Å². The van der Waals surface area contributed by atoms with Crippen molar-refractivity contribution in [1.29, 1.82) is 0 Å². The maximum Gasteiger partial charge on any atom is 0.264 e. The van der Waals surface area contributed by atoms with Crippen LogP contribution in [0.3, 0.4) is 0 Å². The van der Waals surface area contributed by atoms with Crippen LogP contribution in [0.1, 0.15) is 219 Å². The Morgan fingerprint density at radius 2 is 0.974 bits per heavy atom. The van der Waals surface area contributed by atoms with Crippen molar-refractivity contribution in [3.05, 3.63) is 153 Å². The monoisotopic (exact) mass is 1020 g/mol. The predicted octanol–water partition coefficient (Wildman–Crippen LogP) is 18.5. The van der Waals surface area contributed by atoms with Crippen LogP contribution in [0.4, 0.5) is 28.4 Å². The number of hydrogen-bond acceptors (Lipinski definition) is 3. The molecule has 0 spiro atoms. The minimum absolute atomic E-state index is 0.0425. The Balaban J connectivity index is 1.21. The molecule has 7 aromatic rings. The second kappa shape index (κ2) is 16.5. The Morgan fingerprint density at radius 3 is 1.51 bits per heavy atom. The molecule has 0 unspecified atom stereocenters. The van der Waals surface area contributed by atoms with E-state index in [2.05, 4.69) is 250 Å². The maximum absolute atomic E-state index is 2.82. The normalized spacial score (nSPS) is 20.1. The molecule has 6 aromatic carbocycles. The second-order valence-electron chi connectivity index (χ2n) is 30.7. The third kappa shape index (κ3) is 7.96. The molecule has 0 saturated carbocycles. The fourth-order valence-corrected chi connectivity index (χ4v) is 16.0. The van der Waals surface area contributed by atoms with E-state index in [-0.39, 0.29) is 50.0 Å². The van der Waals surface area contributed by atoms with E-state index in [0.29, 0.717) is 0 Å². The Hall–Kier alpha value is -5.06. The van der Waals surface area contributed by atoms with E-state index >= 15 is 0 Å². The molecular formula is C72H87BN2S. The van der Waals surface area contributed by atoms with E-state index in [0.717, 1.165) is 6.54 Å². The zero-order valence-electron chi connectivity index (χ0n) is 50.1. The number of nitrogens with zero attached hydrogens (tertiary/aromatic N) is 2. The summed E-state index contributed by atoms with van der Waals surface area (Å²) in [6, 6.07) is 40.2. The van der Waals surface area contributed by atoms with Gasteiger partial charge in [-0.25, -0.2) is 0 Å². The number of fused-ring (bicyclic) bond motifs is 9. The van der Waals surface area contributed by atoms with Crippen molar-refractivity contribution in [3.63, 3.8) is 0 Å². The number of hydrogen-bond donors (Lipinski definition) is 0. The van der Waals surface area contributed by atoms with E-state index in [1.807, 2.05) is 0 Å². The molecule has 4 heteroatoms. The zero-order chi connectivity index (χ0) is 54.4. The fraction of sp³-hybridized carbons (Fsp3) is 0.472. The third-order valence-corrected chi connectivity index (χ3v) is 21.5. The molecule has 0 amide bonds. The topological polar surface area (TPSA) is 6.48 Å². The van der Waals surface area contributed by atoms with Gasteiger partial charge in [-0.15, -0.1) is 11.3 Å². The molecule has 76 heavy (non-hydrogen) atoms. The van der Waals surface area contributed by atoms with Crippen molar-refractivity contribution < 1.29 is 0 Å². The van der Waals surface area contributed by atoms with Gasteiger partial charge < -0.3 is 9.80 Å². The van der Waals surface area contributed by atoms with Crippen molar-refractivity contribution in [1.82, 2.24) is 0 Å². The molecule has 3 aliphatic carbocycles. The Morgan fingerprint density at radius 1 is 0.500 bits per heavy atom. The Labute approximate surface area is 463 Å². The summed E-state index contributed by atoms with van der Waals surface area (Å²) < 4.78 is 2.91. The lowest BCUT2D eigenvalue weighted by atomic mass is 9.35. The summed E-state index contributed by atoms with van der Waals surface area (Å²) in [5.74, 6) is 0. The van der Waals surface area contributed by atoms with Crippen LogP contribution in [0.2, 0.25) is 0 Å². The highest BCUT2D eigenvalue weighted by molar-refractivity contribution is 7.33. The molecule has 5 aliphatic rings. The minimum Gasteiger partial charge on any atom is -0.338 e. The third-order valence-electron chi connectivity index (χ3n) is 20.2. The average Bonchev–Trinajstić information content (AvgIpc) is 3.89. The summed E-state index contributed by atoms with van der Waals surface area (Å²) in [7, 11) is 0. The summed E-state index contributed by atoms with van der Waals surface area (Å²) in [5.41, 5.74) is 27.4. The van der Waals surface area contributed by atoms with E-state index in [1.165, 1.54) is 148 Å². The lowest BCUT2D eigenvalue weighted by Crippen LogP contribution is -2.61. The van der Waals surface area contributed by atoms with Crippen LogP contribution < -0.4 is 25.5 Å². The van der Waals surface area contributed by atoms with Crippen molar-refractivity contribution >= 4 is 72.3 Å². The number of benzene rings is 6. The van der Waals surface area contributed by atoms with Crippen molar-refractivity contribution in [2.45, 2.75) is 220 Å². The Bertz CT molecular complexity index is 3530. The minimum atomic E-state index is -0.0425. The van der Waals surface area contributed by atoms with Gasteiger partial charge in [-0.1, -0.05) is 173 Å². The predicted molar refractivity (Wildman–Crippen MR) is 333 cm³/mol. The van der Waals surface area contributed by atoms with Gasteiger partial charge in [0.05, 0.1) is 5.69 Å². The summed E-state index contributed by atoms with van der Waals surface area (Å²) in [6.07, 6.45) is 7.14. The largest absolute Gasteiger partial charge is 0.338 e. The number of anilines is 5. The first-order chi connectivity index (χ1) is 35.3. The number of rotatable bonds is 4. The highest BCUT2D eigenvalue weighted by Crippen LogP contribution is 2.55. The van der Waals surface area contributed by atoms with Gasteiger partial charge in [0.15, 0.2) is 0 Å². The van der Waals surface area contributed by atoms with Crippen molar-refractivity contribution in [2.75, 3.05) is 9.80 Å². The van der Waals surface area contributed by atoms with Crippen LogP contribution in [0.15, 0.2) is 97.1 Å². The van der Waals surface area contributed by atoms with Crippen LogP contribution in [-0.2, 0) is 49.9 Å². The van der Waals surface area contributed by atoms with E-state index in [4.69, 9.17) is 0 Å².